The number of nitrogens with zero attached hydrogens (tertiary/aromatic N) is 4. The van der Waals surface area contributed by atoms with Crippen molar-refractivity contribution in [3.8, 4) is 22.5 Å². The second kappa shape index (κ2) is 8.80. The molecule has 142 valence electrons. The van der Waals surface area contributed by atoms with Crippen LogP contribution in [0, 0.1) is 0 Å². The van der Waals surface area contributed by atoms with Crippen LogP contribution in [-0.4, -0.2) is 23.2 Å². The van der Waals surface area contributed by atoms with E-state index >= 15 is 0 Å². The fourth-order valence-electron chi connectivity index (χ4n) is 2.85. The SMILES string of the molecule is CN(/N=C\c1ccccc1)c1nc(-c2ccccc2)cc(-c2ccc(Br)cc2)n1. The Morgan fingerprint density at radius 3 is 1.93 bits per heavy atom. The standard InChI is InChI=1S/C24H19BrN4/c1-29(26-17-18-8-4-2-5-9-18)24-27-22(19-10-6-3-7-11-19)16-23(28-24)20-12-14-21(25)15-13-20/h2-17H,1H3/b26-17-. The van der Waals surface area contributed by atoms with Gasteiger partial charge in [-0.3, -0.25) is 0 Å². The Kier molecular flexibility index (Phi) is 5.77. The predicted molar refractivity (Wildman–Crippen MR) is 123 cm³/mol. The van der Waals surface area contributed by atoms with E-state index in [2.05, 4.69) is 21.0 Å². The van der Waals surface area contributed by atoms with Crippen molar-refractivity contribution in [3.63, 3.8) is 0 Å². The van der Waals surface area contributed by atoms with Gasteiger partial charge >= 0.3 is 0 Å². The number of rotatable bonds is 5. The monoisotopic (exact) mass is 442 g/mol. The van der Waals surface area contributed by atoms with Crippen LogP contribution in [0.5, 0.6) is 0 Å². The molecule has 0 saturated heterocycles. The molecule has 0 spiro atoms. The number of aromatic nitrogens is 2. The Morgan fingerprint density at radius 2 is 1.31 bits per heavy atom. The first kappa shape index (κ1) is 19.0. The summed E-state index contributed by atoms with van der Waals surface area (Å²) in [6, 6.07) is 30.2. The van der Waals surface area contributed by atoms with Gasteiger partial charge in [0.2, 0.25) is 5.95 Å². The summed E-state index contributed by atoms with van der Waals surface area (Å²) in [4.78, 5) is 9.51. The maximum Gasteiger partial charge on any atom is 0.247 e. The quantitative estimate of drug-likeness (QED) is 0.279. The van der Waals surface area contributed by atoms with E-state index in [1.54, 1.807) is 11.2 Å². The minimum Gasteiger partial charge on any atom is -0.235 e. The lowest BCUT2D eigenvalue weighted by atomic mass is 10.1. The highest BCUT2D eigenvalue weighted by atomic mass is 79.9. The average Bonchev–Trinajstić information content (AvgIpc) is 2.79. The molecule has 0 fully saturated rings. The van der Waals surface area contributed by atoms with E-state index in [1.807, 2.05) is 98.0 Å². The van der Waals surface area contributed by atoms with Crippen LogP contribution in [-0.2, 0) is 0 Å². The molecular weight excluding hydrogens is 424 g/mol. The van der Waals surface area contributed by atoms with Gasteiger partial charge in [-0.25, -0.2) is 15.0 Å². The molecule has 5 heteroatoms. The van der Waals surface area contributed by atoms with E-state index in [4.69, 9.17) is 9.97 Å². The van der Waals surface area contributed by atoms with Crippen molar-refractivity contribution in [2.75, 3.05) is 12.1 Å². The van der Waals surface area contributed by atoms with Crippen LogP contribution in [0.15, 0.2) is 101 Å². The largest absolute Gasteiger partial charge is 0.247 e. The minimum atomic E-state index is 0.538. The average molecular weight is 443 g/mol. The van der Waals surface area contributed by atoms with Crippen LogP contribution in [0.4, 0.5) is 5.95 Å². The molecule has 1 heterocycles. The Labute approximate surface area is 178 Å². The second-order valence-electron chi connectivity index (χ2n) is 6.49. The molecule has 0 unspecified atom stereocenters. The number of hydrogen-bond donors (Lipinski definition) is 0. The van der Waals surface area contributed by atoms with Gasteiger partial charge in [-0.2, -0.15) is 5.10 Å². The first-order chi connectivity index (χ1) is 14.2. The third-order valence-electron chi connectivity index (χ3n) is 4.39. The number of hydrazone groups is 1. The molecule has 0 aliphatic heterocycles. The summed E-state index contributed by atoms with van der Waals surface area (Å²) < 4.78 is 1.03. The van der Waals surface area contributed by atoms with Crippen molar-refractivity contribution < 1.29 is 0 Å². The van der Waals surface area contributed by atoms with Crippen molar-refractivity contribution >= 4 is 28.1 Å². The van der Waals surface area contributed by atoms with Crippen LogP contribution in [0.3, 0.4) is 0 Å². The lowest BCUT2D eigenvalue weighted by Gasteiger charge is -2.14. The van der Waals surface area contributed by atoms with Gasteiger partial charge in [-0.15, -0.1) is 0 Å². The Morgan fingerprint density at radius 1 is 0.759 bits per heavy atom. The molecule has 1 aromatic heterocycles. The van der Waals surface area contributed by atoms with Crippen LogP contribution >= 0.6 is 15.9 Å². The zero-order chi connectivity index (χ0) is 20.1. The molecule has 0 saturated carbocycles. The molecule has 0 radical (unpaired) electrons. The Hall–Kier alpha value is -3.31. The highest BCUT2D eigenvalue weighted by molar-refractivity contribution is 9.10. The normalized spacial score (nSPS) is 11.0. The van der Waals surface area contributed by atoms with Crippen molar-refractivity contribution in [2.24, 2.45) is 5.10 Å². The van der Waals surface area contributed by atoms with E-state index in [1.165, 1.54) is 0 Å². The molecule has 3 aromatic carbocycles. The maximum absolute atomic E-state index is 4.76. The van der Waals surface area contributed by atoms with E-state index in [0.29, 0.717) is 5.95 Å². The van der Waals surface area contributed by atoms with Gasteiger partial charge in [0, 0.05) is 22.6 Å². The third kappa shape index (κ3) is 4.76. The van der Waals surface area contributed by atoms with Crippen LogP contribution in [0.2, 0.25) is 0 Å². The number of anilines is 1. The molecule has 0 aliphatic rings. The van der Waals surface area contributed by atoms with Gasteiger partial charge in [0.25, 0.3) is 0 Å². The highest BCUT2D eigenvalue weighted by Crippen LogP contribution is 2.27. The molecule has 4 nitrogen and oxygen atoms in total. The molecule has 0 atom stereocenters. The van der Waals surface area contributed by atoms with Crippen molar-refractivity contribution in [2.45, 2.75) is 0 Å². The predicted octanol–water partition coefficient (Wildman–Crippen LogP) is 6.04. The highest BCUT2D eigenvalue weighted by Gasteiger charge is 2.11. The first-order valence-corrected chi connectivity index (χ1v) is 10.0. The Bertz CT molecular complexity index is 1110. The fraction of sp³-hybridized carbons (Fsp3) is 0.0417. The summed E-state index contributed by atoms with van der Waals surface area (Å²) in [7, 11) is 1.86. The molecular formula is C24H19BrN4. The zero-order valence-corrected chi connectivity index (χ0v) is 17.5. The van der Waals surface area contributed by atoms with E-state index in [0.717, 1.165) is 32.6 Å². The summed E-state index contributed by atoms with van der Waals surface area (Å²) >= 11 is 3.49. The second-order valence-corrected chi connectivity index (χ2v) is 7.41. The number of hydrogen-bond acceptors (Lipinski definition) is 4. The number of halogens is 1. The van der Waals surface area contributed by atoms with Crippen LogP contribution in [0.1, 0.15) is 5.56 Å². The van der Waals surface area contributed by atoms with Crippen molar-refractivity contribution in [1.82, 2.24) is 9.97 Å². The van der Waals surface area contributed by atoms with Crippen molar-refractivity contribution in [3.05, 3.63) is 101 Å². The van der Waals surface area contributed by atoms with Gasteiger partial charge in [0.1, 0.15) is 0 Å². The minimum absolute atomic E-state index is 0.538. The molecule has 0 aliphatic carbocycles. The molecule has 4 aromatic rings. The molecule has 29 heavy (non-hydrogen) atoms. The topological polar surface area (TPSA) is 41.4 Å². The molecule has 0 amide bonds. The van der Waals surface area contributed by atoms with Gasteiger partial charge in [0.05, 0.1) is 17.6 Å². The van der Waals surface area contributed by atoms with Crippen LogP contribution < -0.4 is 5.01 Å². The maximum atomic E-state index is 4.76. The van der Waals surface area contributed by atoms with Gasteiger partial charge in [-0.1, -0.05) is 88.7 Å². The van der Waals surface area contributed by atoms with E-state index in [9.17, 15) is 0 Å². The summed E-state index contributed by atoms with van der Waals surface area (Å²) in [5, 5.41) is 6.22. The fourth-order valence-corrected chi connectivity index (χ4v) is 3.11. The summed E-state index contributed by atoms with van der Waals surface area (Å²) in [6.45, 7) is 0. The van der Waals surface area contributed by atoms with Crippen molar-refractivity contribution in [1.29, 1.82) is 0 Å². The molecule has 0 N–H and O–H groups in total. The first-order valence-electron chi connectivity index (χ1n) is 9.22. The summed E-state index contributed by atoms with van der Waals surface area (Å²) in [5.41, 5.74) is 4.79. The van der Waals surface area contributed by atoms with Gasteiger partial charge < -0.3 is 0 Å². The van der Waals surface area contributed by atoms with E-state index in [-0.39, 0.29) is 0 Å². The zero-order valence-electron chi connectivity index (χ0n) is 15.9. The van der Waals surface area contributed by atoms with E-state index < -0.39 is 0 Å². The Balaban J connectivity index is 1.75. The summed E-state index contributed by atoms with van der Waals surface area (Å²) in [6.07, 6.45) is 1.80. The molecule has 0 bridgehead atoms. The third-order valence-corrected chi connectivity index (χ3v) is 4.92. The van der Waals surface area contributed by atoms with Gasteiger partial charge in [-0.05, 0) is 23.8 Å². The number of benzene rings is 3. The van der Waals surface area contributed by atoms with Gasteiger partial charge in [0.15, 0.2) is 0 Å². The smallest absolute Gasteiger partial charge is 0.235 e. The summed E-state index contributed by atoms with van der Waals surface area (Å²) in [5.74, 6) is 0.538. The lowest BCUT2D eigenvalue weighted by Crippen LogP contribution is -2.13. The molecule has 4 rings (SSSR count). The van der Waals surface area contributed by atoms with Crippen LogP contribution in [0.25, 0.3) is 22.5 Å². The lowest BCUT2D eigenvalue weighted by molar-refractivity contribution is 0.938.